The van der Waals surface area contributed by atoms with Gasteiger partial charge in [-0.2, -0.15) is 0 Å². The second-order valence-electron chi connectivity index (χ2n) is 6.67. The highest BCUT2D eigenvalue weighted by Gasteiger charge is 2.27. The van der Waals surface area contributed by atoms with Gasteiger partial charge in [-0.15, -0.1) is 21.5 Å². The minimum atomic E-state index is 0.141. The molecule has 0 bridgehead atoms. The first-order valence-electron chi connectivity index (χ1n) is 8.82. The van der Waals surface area contributed by atoms with Crippen molar-refractivity contribution >= 4 is 17.2 Å². The van der Waals surface area contributed by atoms with E-state index < -0.39 is 0 Å². The maximum Gasteiger partial charge on any atom is 0.228 e. The largest absolute Gasteiger partial charge is 0.342 e. The zero-order valence-electron chi connectivity index (χ0n) is 14.7. The number of benzene rings is 1. The highest BCUT2D eigenvalue weighted by Crippen LogP contribution is 2.27. The minimum absolute atomic E-state index is 0.141. The van der Waals surface area contributed by atoms with Crippen LogP contribution in [0.5, 0.6) is 0 Å². The lowest BCUT2D eigenvalue weighted by Crippen LogP contribution is -2.40. The standard InChI is InChI=1S/C19H21N5OS/c1-23-13-20-22-18(23)15-8-5-9-24(11-15)17(25)10-16-12-26-19(21-16)14-6-3-2-4-7-14/h2-4,6-7,12-13,15H,5,8-11H2,1H3/t15-/m1/s1. The Morgan fingerprint density at radius 1 is 1.31 bits per heavy atom. The maximum atomic E-state index is 12.8. The molecule has 1 aromatic carbocycles. The molecule has 7 heteroatoms. The number of hydrogen-bond donors (Lipinski definition) is 0. The Hall–Kier alpha value is -2.54. The van der Waals surface area contributed by atoms with Crippen LogP contribution in [0.15, 0.2) is 42.0 Å². The summed E-state index contributed by atoms with van der Waals surface area (Å²) < 4.78 is 1.95. The molecule has 1 atom stereocenters. The summed E-state index contributed by atoms with van der Waals surface area (Å²) >= 11 is 1.59. The van der Waals surface area contributed by atoms with Crippen LogP contribution < -0.4 is 0 Å². The van der Waals surface area contributed by atoms with Crippen molar-refractivity contribution < 1.29 is 4.79 Å². The van der Waals surface area contributed by atoms with Crippen LogP contribution >= 0.6 is 11.3 Å². The second kappa shape index (κ2) is 7.37. The van der Waals surface area contributed by atoms with Gasteiger partial charge in [-0.05, 0) is 12.8 Å². The normalized spacial score (nSPS) is 17.4. The topological polar surface area (TPSA) is 63.9 Å². The molecule has 0 spiro atoms. The Kier molecular flexibility index (Phi) is 4.79. The molecular weight excluding hydrogens is 346 g/mol. The number of thiazole rings is 1. The fourth-order valence-electron chi connectivity index (χ4n) is 3.44. The van der Waals surface area contributed by atoms with Crippen molar-refractivity contribution in [2.45, 2.75) is 25.2 Å². The lowest BCUT2D eigenvalue weighted by molar-refractivity contribution is -0.131. The van der Waals surface area contributed by atoms with Crippen molar-refractivity contribution in [3.63, 3.8) is 0 Å². The molecule has 1 saturated heterocycles. The van der Waals surface area contributed by atoms with Crippen LogP contribution in [0, 0.1) is 0 Å². The number of likely N-dealkylation sites (tertiary alicyclic amines) is 1. The molecule has 1 aliphatic rings. The minimum Gasteiger partial charge on any atom is -0.342 e. The van der Waals surface area contributed by atoms with Crippen molar-refractivity contribution in [2.75, 3.05) is 13.1 Å². The Labute approximate surface area is 156 Å². The lowest BCUT2D eigenvalue weighted by Gasteiger charge is -2.32. The molecule has 26 heavy (non-hydrogen) atoms. The molecule has 0 N–H and O–H groups in total. The Morgan fingerprint density at radius 2 is 2.15 bits per heavy atom. The summed E-state index contributed by atoms with van der Waals surface area (Å²) in [5.74, 6) is 1.36. The molecule has 6 nitrogen and oxygen atoms in total. The van der Waals surface area contributed by atoms with Crippen LogP contribution in [0.2, 0.25) is 0 Å². The summed E-state index contributed by atoms with van der Waals surface area (Å²) in [5, 5.41) is 11.1. The first-order valence-corrected chi connectivity index (χ1v) is 9.70. The van der Waals surface area contributed by atoms with E-state index in [1.165, 1.54) is 0 Å². The second-order valence-corrected chi connectivity index (χ2v) is 7.52. The van der Waals surface area contributed by atoms with Crippen molar-refractivity contribution in [3.05, 3.63) is 53.6 Å². The average molecular weight is 367 g/mol. The van der Waals surface area contributed by atoms with Gasteiger partial charge in [0.05, 0.1) is 12.1 Å². The third-order valence-corrected chi connectivity index (χ3v) is 5.73. The van der Waals surface area contributed by atoms with E-state index in [1.807, 2.05) is 52.2 Å². The SMILES string of the molecule is Cn1cnnc1[C@@H]1CCCN(C(=O)Cc2csc(-c3ccccc3)n2)C1. The van der Waals surface area contributed by atoms with Crippen LogP contribution in [0.4, 0.5) is 0 Å². The molecule has 3 aromatic rings. The molecule has 0 radical (unpaired) electrons. The fourth-order valence-corrected chi connectivity index (χ4v) is 4.27. The Bertz CT molecular complexity index is 888. The molecule has 1 fully saturated rings. The fraction of sp³-hybridized carbons (Fsp3) is 0.368. The van der Waals surface area contributed by atoms with E-state index in [-0.39, 0.29) is 11.8 Å². The molecular formula is C19H21N5OS. The monoisotopic (exact) mass is 367 g/mol. The number of nitrogens with zero attached hydrogens (tertiary/aromatic N) is 5. The number of rotatable bonds is 4. The van der Waals surface area contributed by atoms with Gasteiger partial charge in [0.25, 0.3) is 0 Å². The Morgan fingerprint density at radius 3 is 2.92 bits per heavy atom. The zero-order chi connectivity index (χ0) is 17.9. The van der Waals surface area contributed by atoms with Gasteiger partial charge in [-0.3, -0.25) is 4.79 Å². The van der Waals surface area contributed by atoms with E-state index in [4.69, 9.17) is 0 Å². The third kappa shape index (κ3) is 3.53. The predicted octanol–water partition coefficient (Wildman–Crippen LogP) is 2.89. The number of carbonyl (C=O) groups excluding carboxylic acids is 1. The lowest BCUT2D eigenvalue weighted by atomic mass is 9.97. The highest BCUT2D eigenvalue weighted by atomic mass is 32.1. The van der Waals surface area contributed by atoms with Crippen LogP contribution in [-0.4, -0.2) is 43.6 Å². The maximum absolute atomic E-state index is 12.8. The summed E-state index contributed by atoms with van der Waals surface area (Å²) in [4.78, 5) is 19.4. The molecule has 1 aliphatic heterocycles. The number of hydrogen-bond acceptors (Lipinski definition) is 5. The van der Waals surface area contributed by atoms with E-state index in [2.05, 4.69) is 15.2 Å². The molecule has 134 valence electrons. The van der Waals surface area contributed by atoms with Gasteiger partial charge in [-0.1, -0.05) is 30.3 Å². The number of amides is 1. The van der Waals surface area contributed by atoms with Crippen molar-refractivity contribution in [2.24, 2.45) is 7.05 Å². The van der Waals surface area contributed by atoms with Crippen LogP contribution in [-0.2, 0) is 18.3 Å². The van der Waals surface area contributed by atoms with E-state index in [0.29, 0.717) is 13.0 Å². The molecule has 2 aromatic heterocycles. The van der Waals surface area contributed by atoms with Gasteiger partial charge in [-0.25, -0.2) is 4.98 Å². The van der Waals surface area contributed by atoms with Gasteiger partial charge in [0.1, 0.15) is 17.2 Å². The number of aromatic nitrogens is 4. The zero-order valence-corrected chi connectivity index (χ0v) is 15.5. The van der Waals surface area contributed by atoms with Crippen LogP contribution in [0.1, 0.15) is 30.3 Å². The first-order chi connectivity index (χ1) is 12.7. The smallest absolute Gasteiger partial charge is 0.228 e. The average Bonchev–Trinajstić information content (AvgIpc) is 3.31. The van der Waals surface area contributed by atoms with Gasteiger partial charge < -0.3 is 9.47 Å². The van der Waals surface area contributed by atoms with E-state index in [0.717, 1.165) is 41.5 Å². The van der Waals surface area contributed by atoms with Crippen LogP contribution in [0.25, 0.3) is 10.6 Å². The predicted molar refractivity (Wildman–Crippen MR) is 101 cm³/mol. The summed E-state index contributed by atoms with van der Waals surface area (Å²) in [6.07, 6.45) is 4.12. The molecule has 0 saturated carbocycles. The molecule has 3 heterocycles. The summed E-state index contributed by atoms with van der Waals surface area (Å²) in [6, 6.07) is 10.1. The van der Waals surface area contributed by atoms with Crippen molar-refractivity contribution in [1.29, 1.82) is 0 Å². The van der Waals surface area contributed by atoms with Crippen molar-refractivity contribution in [3.8, 4) is 10.6 Å². The third-order valence-electron chi connectivity index (χ3n) is 4.79. The summed E-state index contributed by atoms with van der Waals surface area (Å²) in [7, 11) is 1.95. The van der Waals surface area contributed by atoms with Gasteiger partial charge in [0.15, 0.2) is 0 Å². The Balaban J connectivity index is 1.42. The summed E-state index contributed by atoms with van der Waals surface area (Å²) in [6.45, 7) is 1.52. The van der Waals surface area contributed by atoms with E-state index >= 15 is 0 Å². The van der Waals surface area contributed by atoms with Gasteiger partial charge in [0.2, 0.25) is 5.91 Å². The van der Waals surface area contributed by atoms with E-state index in [9.17, 15) is 4.79 Å². The first kappa shape index (κ1) is 16.9. The van der Waals surface area contributed by atoms with Crippen LogP contribution in [0.3, 0.4) is 0 Å². The molecule has 0 unspecified atom stereocenters. The quantitative estimate of drug-likeness (QED) is 0.711. The van der Waals surface area contributed by atoms with Gasteiger partial charge in [0, 0.05) is 37.0 Å². The molecule has 1 amide bonds. The van der Waals surface area contributed by atoms with Crippen molar-refractivity contribution in [1.82, 2.24) is 24.6 Å². The number of aryl methyl sites for hydroxylation is 1. The van der Waals surface area contributed by atoms with E-state index in [1.54, 1.807) is 17.7 Å². The number of piperidine rings is 1. The highest BCUT2D eigenvalue weighted by molar-refractivity contribution is 7.13. The number of carbonyl (C=O) groups is 1. The van der Waals surface area contributed by atoms with Gasteiger partial charge >= 0.3 is 0 Å². The summed E-state index contributed by atoms with van der Waals surface area (Å²) in [5.41, 5.74) is 1.94. The molecule has 0 aliphatic carbocycles. The molecule has 4 rings (SSSR count).